The van der Waals surface area contributed by atoms with Crippen molar-refractivity contribution in [1.82, 2.24) is 0 Å². The minimum Gasteiger partial charge on any atom is -0.481 e. The summed E-state index contributed by atoms with van der Waals surface area (Å²) in [5.41, 5.74) is 4.16. The van der Waals surface area contributed by atoms with Crippen LogP contribution >= 0.6 is 15.9 Å². The molecule has 0 saturated heterocycles. The molecule has 7 heteroatoms. The fourth-order valence-electron chi connectivity index (χ4n) is 3.04. The molecule has 0 bridgehead atoms. The van der Waals surface area contributed by atoms with Crippen molar-refractivity contribution in [3.63, 3.8) is 0 Å². The van der Waals surface area contributed by atoms with Gasteiger partial charge in [-0.25, -0.2) is 0 Å². The molecular formula is C20H26BrNO5. The van der Waals surface area contributed by atoms with Crippen molar-refractivity contribution in [2.75, 3.05) is 0 Å². The number of carbonyl (C=O) groups excluding carboxylic acids is 1. The minimum atomic E-state index is -0.972. The van der Waals surface area contributed by atoms with Crippen molar-refractivity contribution in [3.05, 3.63) is 34.3 Å². The molecule has 2 fully saturated rings. The largest absolute Gasteiger partial charge is 0.481 e. The van der Waals surface area contributed by atoms with Crippen LogP contribution in [0.25, 0.3) is 0 Å². The summed E-state index contributed by atoms with van der Waals surface area (Å²) in [7, 11) is 0. The normalized spacial score (nSPS) is 20.4. The molecule has 6 nitrogen and oxygen atoms in total. The van der Waals surface area contributed by atoms with Crippen LogP contribution < -0.4 is 5.73 Å². The number of hydrogen-bond acceptors (Lipinski definition) is 4. The maximum absolute atomic E-state index is 12.1. The summed E-state index contributed by atoms with van der Waals surface area (Å²) in [6, 6.07) is 7.04. The molecule has 27 heavy (non-hydrogen) atoms. The lowest BCUT2D eigenvalue weighted by molar-refractivity contribution is -0.149. The number of carboxylic acids is 2. The Balaban J connectivity index is 0.000000244. The molecule has 0 heterocycles. The fourth-order valence-corrected chi connectivity index (χ4v) is 3.31. The predicted molar refractivity (Wildman–Crippen MR) is 105 cm³/mol. The first-order valence-electron chi connectivity index (χ1n) is 9.03. The van der Waals surface area contributed by atoms with Crippen molar-refractivity contribution >= 4 is 33.7 Å². The first kappa shape index (κ1) is 21.6. The van der Waals surface area contributed by atoms with Gasteiger partial charge >= 0.3 is 11.9 Å². The maximum atomic E-state index is 12.1. The van der Waals surface area contributed by atoms with Crippen LogP contribution in [0.2, 0.25) is 0 Å². The number of rotatable bonds is 7. The fraction of sp³-hybridized carbons (Fsp3) is 0.550. The number of Topliss-reactive ketones (excluding diaryl/α,β-unsaturated/α-hetero) is 1. The zero-order valence-electron chi connectivity index (χ0n) is 15.6. The first-order valence-corrected chi connectivity index (χ1v) is 9.82. The Hall–Kier alpha value is -1.73. The molecule has 2 unspecified atom stereocenters. The lowest BCUT2D eigenvalue weighted by atomic mass is 9.79. The number of carbonyl (C=O) groups is 3. The van der Waals surface area contributed by atoms with Crippen molar-refractivity contribution in [2.45, 2.75) is 51.5 Å². The van der Waals surface area contributed by atoms with Gasteiger partial charge in [0, 0.05) is 16.5 Å². The van der Waals surface area contributed by atoms with Crippen LogP contribution in [-0.4, -0.2) is 33.5 Å². The van der Waals surface area contributed by atoms with Gasteiger partial charge in [-0.1, -0.05) is 28.1 Å². The van der Waals surface area contributed by atoms with E-state index in [4.69, 9.17) is 10.8 Å². The van der Waals surface area contributed by atoms with Gasteiger partial charge in [-0.3, -0.25) is 14.4 Å². The highest BCUT2D eigenvalue weighted by atomic mass is 79.9. The third-order valence-electron chi connectivity index (χ3n) is 5.55. The average Bonchev–Trinajstić information content (AvgIpc) is 3.48. The van der Waals surface area contributed by atoms with Gasteiger partial charge in [0.2, 0.25) is 0 Å². The summed E-state index contributed by atoms with van der Waals surface area (Å²) < 4.78 is 0.905. The predicted octanol–water partition coefficient (Wildman–Crippen LogP) is 3.72. The molecule has 0 aliphatic heterocycles. The van der Waals surface area contributed by atoms with Crippen LogP contribution in [0.1, 0.15) is 56.3 Å². The molecule has 2 atom stereocenters. The van der Waals surface area contributed by atoms with Crippen LogP contribution in [0.3, 0.4) is 0 Å². The Kier molecular flexibility index (Phi) is 6.47. The Bertz CT molecular complexity index is 722. The van der Waals surface area contributed by atoms with Crippen molar-refractivity contribution in [1.29, 1.82) is 0 Å². The maximum Gasteiger partial charge on any atom is 0.323 e. The zero-order chi connectivity index (χ0) is 20.4. The van der Waals surface area contributed by atoms with E-state index >= 15 is 0 Å². The highest BCUT2D eigenvalue weighted by Crippen LogP contribution is 2.48. The zero-order valence-corrected chi connectivity index (χ0v) is 17.2. The number of benzene rings is 1. The molecule has 2 aliphatic rings. The van der Waals surface area contributed by atoms with Crippen molar-refractivity contribution in [3.8, 4) is 0 Å². The molecule has 4 N–H and O–H groups in total. The average molecular weight is 440 g/mol. The number of nitrogens with two attached hydrogens (primary N) is 1. The molecular weight excluding hydrogens is 414 g/mol. The number of hydrogen-bond donors (Lipinski definition) is 3. The van der Waals surface area contributed by atoms with Gasteiger partial charge in [0.05, 0.1) is 5.41 Å². The van der Waals surface area contributed by atoms with Gasteiger partial charge in [0.25, 0.3) is 0 Å². The summed E-state index contributed by atoms with van der Waals surface area (Å²) in [4.78, 5) is 33.9. The molecule has 2 aliphatic carbocycles. The van der Waals surface area contributed by atoms with Crippen molar-refractivity contribution in [2.24, 2.45) is 23.0 Å². The lowest BCUT2D eigenvalue weighted by Crippen LogP contribution is -2.46. The molecule has 2 saturated carbocycles. The second-order valence-electron chi connectivity index (χ2n) is 7.97. The highest BCUT2D eigenvalue weighted by molar-refractivity contribution is 9.10. The van der Waals surface area contributed by atoms with E-state index < -0.39 is 22.9 Å². The number of halogens is 1. The second-order valence-corrected chi connectivity index (χ2v) is 8.88. The molecule has 0 spiro atoms. The number of aliphatic carboxylic acids is 2. The number of ketones is 1. The van der Waals surface area contributed by atoms with E-state index in [0.717, 1.165) is 30.2 Å². The van der Waals surface area contributed by atoms with Crippen LogP contribution in [-0.2, 0) is 9.59 Å². The van der Waals surface area contributed by atoms with E-state index in [2.05, 4.69) is 15.9 Å². The molecule has 1 aromatic rings. The first-order chi connectivity index (χ1) is 12.5. The molecule has 148 valence electrons. The summed E-state index contributed by atoms with van der Waals surface area (Å²) in [5.74, 6) is -1.48. The van der Waals surface area contributed by atoms with E-state index in [1.165, 1.54) is 0 Å². The molecule has 0 amide bonds. The van der Waals surface area contributed by atoms with E-state index in [0.29, 0.717) is 5.56 Å². The Labute approximate surface area is 167 Å². The smallest absolute Gasteiger partial charge is 0.323 e. The minimum absolute atomic E-state index is 0.0780. The van der Waals surface area contributed by atoms with Gasteiger partial charge in [-0.2, -0.15) is 0 Å². The molecule has 0 aromatic heterocycles. The van der Waals surface area contributed by atoms with E-state index in [9.17, 15) is 19.5 Å². The van der Waals surface area contributed by atoms with Gasteiger partial charge in [-0.15, -0.1) is 0 Å². The van der Waals surface area contributed by atoms with Gasteiger partial charge in [0.1, 0.15) is 5.54 Å². The van der Waals surface area contributed by atoms with E-state index in [-0.39, 0.29) is 24.0 Å². The summed E-state index contributed by atoms with van der Waals surface area (Å²) in [6.45, 7) is 3.26. The Morgan fingerprint density at radius 2 is 1.48 bits per heavy atom. The third kappa shape index (κ3) is 5.39. The van der Waals surface area contributed by atoms with Crippen LogP contribution in [0.15, 0.2) is 28.7 Å². The Morgan fingerprint density at radius 3 is 1.81 bits per heavy atom. The topological polar surface area (TPSA) is 118 Å². The molecule has 1 aromatic carbocycles. The van der Waals surface area contributed by atoms with Gasteiger partial charge < -0.3 is 15.9 Å². The third-order valence-corrected chi connectivity index (χ3v) is 6.08. The molecule has 0 radical (unpaired) electrons. The summed E-state index contributed by atoms with van der Waals surface area (Å²) in [6.07, 6.45) is 3.85. The quantitative estimate of drug-likeness (QED) is 0.557. The van der Waals surface area contributed by atoms with Crippen molar-refractivity contribution < 1.29 is 24.6 Å². The van der Waals surface area contributed by atoms with E-state index in [1.54, 1.807) is 38.1 Å². The van der Waals surface area contributed by atoms with Crippen LogP contribution in [0, 0.1) is 17.3 Å². The second kappa shape index (κ2) is 8.10. The van der Waals surface area contributed by atoms with Gasteiger partial charge in [0.15, 0.2) is 5.78 Å². The Morgan fingerprint density at radius 1 is 1.00 bits per heavy atom. The van der Waals surface area contributed by atoms with E-state index in [1.807, 2.05) is 0 Å². The lowest BCUT2D eigenvalue weighted by Gasteiger charge is -2.23. The summed E-state index contributed by atoms with van der Waals surface area (Å²) in [5, 5.41) is 17.8. The van der Waals surface area contributed by atoms with Crippen LogP contribution in [0.4, 0.5) is 0 Å². The summed E-state index contributed by atoms with van der Waals surface area (Å²) >= 11 is 3.31. The SMILES string of the molecule is CC(CC(=O)c1ccc(Br)cc1)(C(=O)O)C1CC1.CC(N)(C(=O)O)C1CC1. The number of carboxylic acid groups (broad SMARTS) is 2. The highest BCUT2D eigenvalue weighted by Gasteiger charge is 2.48. The van der Waals surface area contributed by atoms with Gasteiger partial charge in [-0.05, 0) is 63.5 Å². The van der Waals surface area contributed by atoms with Crippen LogP contribution in [0.5, 0.6) is 0 Å². The monoisotopic (exact) mass is 439 g/mol. The molecule has 3 rings (SSSR count). The standard InChI is InChI=1S/C14H15BrO3.C6H11NO2/c1-14(13(17)18,10-4-5-10)8-12(16)9-2-6-11(15)7-3-9;1-6(7,5(8)9)4-2-3-4/h2-3,6-7,10H,4-5,8H2,1H3,(H,17,18);4H,2-3,7H2,1H3,(H,8,9).